The third-order valence-electron chi connectivity index (χ3n) is 2.84. The summed E-state index contributed by atoms with van der Waals surface area (Å²) >= 11 is 3.47. The van der Waals surface area contributed by atoms with Crippen LogP contribution >= 0.6 is 15.9 Å². The molecule has 0 saturated carbocycles. The van der Waals surface area contributed by atoms with Gasteiger partial charge in [-0.3, -0.25) is 4.79 Å². The SMILES string of the molecule is C#CCN1C(=O)c2cc(OC)c(OC)cc2C1Br. The Kier molecular flexibility index (Phi) is 3.48. The van der Waals surface area contributed by atoms with Crippen LogP contribution in [-0.2, 0) is 0 Å². The number of terminal acetylenes is 1. The Labute approximate surface area is 114 Å². The first-order valence-electron chi connectivity index (χ1n) is 5.28. The van der Waals surface area contributed by atoms with Crippen LogP contribution in [0.15, 0.2) is 12.1 Å². The number of ether oxygens (including phenoxy) is 2. The number of hydrogen-bond donors (Lipinski definition) is 0. The van der Waals surface area contributed by atoms with Gasteiger partial charge in [-0.25, -0.2) is 0 Å². The molecule has 5 heteroatoms. The number of carbonyl (C=O) groups excluding carboxylic acids is 1. The van der Waals surface area contributed by atoms with Crippen LogP contribution in [0.4, 0.5) is 0 Å². The number of nitrogens with zero attached hydrogens (tertiary/aromatic N) is 1. The zero-order valence-corrected chi connectivity index (χ0v) is 11.7. The predicted octanol–water partition coefficient (Wildman–Crippen LogP) is 2.19. The molecule has 0 saturated heterocycles. The first kappa shape index (κ1) is 12.8. The van der Waals surface area contributed by atoms with E-state index in [2.05, 4.69) is 21.9 Å². The van der Waals surface area contributed by atoms with Crippen molar-refractivity contribution < 1.29 is 14.3 Å². The zero-order chi connectivity index (χ0) is 13.3. The molecule has 0 bridgehead atoms. The van der Waals surface area contributed by atoms with Crippen molar-refractivity contribution in [2.75, 3.05) is 20.8 Å². The Morgan fingerprint density at radius 1 is 1.39 bits per heavy atom. The number of methoxy groups -OCH3 is 2. The Bertz CT molecular complexity index is 536. The maximum atomic E-state index is 12.2. The molecule has 1 amide bonds. The maximum Gasteiger partial charge on any atom is 0.256 e. The molecule has 0 radical (unpaired) electrons. The highest BCUT2D eigenvalue weighted by Crippen LogP contribution is 2.42. The molecule has 0 aromatic heterocycles. The molecule has 94 valence electrons. The minimum absolute atomic E-state index is 0.106. The fraction of sp³-hybridized carbons (Fsp3) is 0.308. The molecule has 1 aliphatic heterocycles. The minimum Gasteiger partial charge on any atom is -0.493 e. The van der Waals surface area contributed by atoms with E-state index in [-0.39, 0.29) is 17.4 Å². The minimum atomic E-state index is -0.226. The van der Waals surface area contributed by atoms with Gasteiger partial charge < -0.3 is 14.4 Å². The number of carbonyl (C=O) groups is 1. The van der Waals surface area contributed by atoms with Crippen LogP contribution in [0, 0.1) is 12.3 Å². The number of rotatable bonds is 3. The zero-order valence-electron chi connectivity index (χ0n) is 10.1. The lowest BCUT2D eigenvalue weighted by Crippen LogP contribution is -2.25. The van der Waals surface area contributed by atoms with Crippen LogP contribution in [0.25, 0.3) is 0 Å². The van der Waals surface area contributed by atoms with Crippen LogP contribution in [0.3, 0.4) is 0 Å². The number of alkyl halides is 1. The van der Waals surface area contributed by atoms with E-state index in [4.69, 9.17) is 15.9 Å². The number of fused-ring (bicyclic) bond motifs is 1. The van der Waals surface area contributed by atoms with Crippen molar-refractivity contribution in [3.05, 3.63) is 23.3 Å². The number of benzene rings is 1. The van der Waals surface area contributed by atoms with Gasteiger partial charge in [-0.2, -0.15) is 0 Å². The molecule has 0 N–H and O–H groups in total. The molecule has 1 unspecified atom stereocenters. The average Bonchev–Trinajstić information content (AvgIpc) is 2.62. The van der Waals surface area contributed by atoms with Gasteiger partial charge in [-0.05, 0) is 12.1 Å². The van der Waals surface area contributed by atoms with E-state index < -0.39 is 0 Å². The van der Waals surface area contributed by atoms with Crippen LogP contribution < -0.4 is 9.47 Å². The molecule has 4 nitrogen and oxygen atoms in total. The monoisotopic (exact) mass is 309 g/mol. The fourth-order valence-electron chi connectivity index (χ4n) is 1.95. The molecule has 0 spiro atoms. The van der Waals surface area contributed by atoms with Crippen molar-refractivity contribution in [2.24, 2.45) is 0 Å². The molecule has 1 aromatic carbocycles. The standard InChI is InChI=1S/C13H12BrNO3/c1-4-5-15-12(14)8-6-10(17-2)11(18-3)7-9(8)13(15)16/h1,6-7,12H,5H2,2-3H3. The van der Waals surface area contributed by atoms with Gasteiger partial charge in [0.15, 0.2) is 11.5 Å². The summed E-state index contributed by atoms with van der Waals surface area (Å²) in [6.07, 6.45) is 5.27. The Hall–Kier alpha value is -1.67. The number of halogens is 1. The summed E-state index contributed by atoms with van der Waals surface area (Å²) in [4.78, 5) is 13.5. The second-order valence-electron chi connectivity index (χ2n) is 3.77. The molecule has 1 heterocycles. The lowest BCUT2D eigenvalue weighted by Gasteiger charge is -2.17. The second-order valence-corrected chi connectivity index (χ2v) is 4.63. The van der Waals surface area contributed by atoms with E-state index in [0.29, 0.717) is 17.1 Å². The number of amides is 1. The molecule has 1 aliphatic rings. The quantitative estimate of drug-likeness (QED) is 0.488. The molecule has 18 heavy (non-hydrogen) atoms. The van der Waals surface area contributed by atoms with Crippen molar-refractivity contribution >= 4 is 21.8 Å². The highest BCUT2D eigenvalue weighted by Gasteiger charge is 2.35. The van der Waals surface area contributed by atoms with Crippen molar-refractivity contribution in [1.82, 2.24) is 4.90 Å². The second kappa shape index (κ2) is 4.91. The van der Waals surface area contributed by atoms with Gasteiger partial charge in [-0.15, -0.1) is 6.42 Å². The largest absolute Gasteiger partial charge is 0.493 e. The fourth-order valence-corrected chi connectivity index (χ4v) is 2.66. The van der Waals surface area contributed by atoms with E-state index in [0.717, 1.165) is 5.56 Å². The van der Waals surface area contributed by atoms with Crippen molar-refractivity contribution in [3.8, 4) is 23.8 Å². The summed E-state index contributed by atoms with van der Waals surface area (Å²) in [6.45, 7) is 0.258. The summed E-state index contributed by atoms with van der Waals surface area (Å²) in [7, 11) is 3.10. The molecule has 0 aliphatic carbocycles. The van der Waals surface area contributed by atoms with E-state index in [9.17, 15) is 4.79 Å². The van der Waals surface area contributed by atoms with E-state index in [1.165, 1.54) is 7.11 Å². The van der Waals surface area contributed by atoms with Gasteiger partial charge in [0.2, 0.25) is 0 Å². The molecule has 1 atom stereocenters. The molecule has 1 aromatic rings. The van der Waals surface area contributed by atoms with Gasteiger partial charge in [0.05, 0.1) is 20.8 Å². The van der Waals surface area contributed by atoms with Crippen LogP contribution in [0.1, 0.15) is 20.9 Å². The summed E-state index contributed by atoms with van der Waals surface area (Å²) in [5.74, 6) is 3.50. The lowest BCUT2D eigenvalue weighted by atomic mass is 10.1. The van der Waals surface area contributed by atoms with Gasteiger partial charge in [0.1, 0.15) is 4.95 Å². The molecule has 2 rings (SSSR count). The Balaban J connectivity index is 2.51. The van der Waals surface area contributed by atoms with Gasteiger partial charge >= 0.3 is 0 Å². The molecular weight excluding hydrogens is 298 g/mol. The normalized spacial score (nSPS) is 17.3. The Morgan fingerprint density at radius 3 is 2.56 bits per heavy atom. The van der Waals surface area contributed by atoms with E-state index in [1.807, 2.05) is 0 Å². The van der Waals surface area contributed by atoms with E-state index in [1.54, 1.807) is 24.1 Å². The molecule has 0 fully saturated rings. The maximum absolute atomic E-state index is 12.2. The summed E-state index contributed by atoms with van der Waals surface area (Å²) < 4.78 is 10.4. The van der Waals surface area contributed by atoms with Gasteiger partial charge in [0, 0.05) is 11.1 Å². The average molecular weight is 310 g/mol. The van der Waals surface area contributed by atoms with Gasteiger partial charge in [-0.1, -0.05) is 21.9 Å². The summed E-state index contributed by atoms with van der Waals surface area (Å²) in [5, 5.41) is 0. The number of hydrogen-bond acceptors (Lipinski definition) is 3. The topological polar surface area (TPSA) is 38.8 Å². The van der Waals surface area contributed by atoms with Crippen LogP contribution in [-0.4, -0.2) is 31.6 Å². The third kappa shape index (κ3) is 1.83. The molecular formula is C13H12BrNO3. The predicted molar refractivity (Wildman–Crippen MR) is 71.1 cm³/mol. The summed E-state index contributed by atoms with van der Waals surface area (Å²) in [5.41, 5.74) is 1.43. The van der Waals surface area contributed by atoms with Crippen molar-refractivity contribution in [3.63, 3.8) is 0 Å². The lowest BCUT2D eigenvalue weighted by molar-refractivity contribution is 0.0797. The first-order valence-corrected chi connectivity index (χ1v) is 6.20. The highest BCUT2D eigenvalue weighted by molar-refractivity contribution is 9.09. The highest BCUT2D eigenvalue weighted by atomic mass is 79.9. The Morgan fingerprint density at radius 2 is 2.00 bits per heavy atom. The van der Waals surface area contributed by atoms with Crippen molar-refractivity contribution in [1.29, 1.82) is 0 Å². The van der Waals surface area contributed by atoms with Crippen LogP contribution in [0.2, 0.25) is 0 Å². The smallest absolute Gasteiger partial charge is 0.256 e. The van der Waals surface area contributed by atoms with Crippen LogP contribution in [0.5, 0.6) is 11.5 Å². The summed E-state index contributed by atoms with van der Waals surface area (Å²) in [6, 6.07) is 3.48. The van der Waals surface area contributed by atoms with Gasteiger partial charge in [0.25, 0.3) is 5.91 Å². The van der Waals surface area contributed by atoms with E-state index >= 15 is 0 Å². The van der Waals surface area contributed by atoms with Crippen molar-refractivity contribution in [2.45, 2.75) is 4.95 Å². The first-order chi connectivity index (χ1) is 8.63. The third-order valence-corrected chi connectivity index (χ3v) is 3.83.